The minimum atomic E-state index is 0.835. The quantitative estimate of drug-likeness (QED) is 0.699. The van der Waals surface area contributed by atoms with Crippen LogP contribution in [0.25, 0.3) is 11.0 Å². The number of hydrogen-bond donors (Lipinski definition) is 1. The zero-order chi connectivity index (χ0) is 14.7. The highest BCUT2D eigenvalue weighted by molar-refractivity contribution is 5.78. The summed E-state index contributed by atoms with van der Waals surface area (Å²) in [6, 6.07) is 2.17. The molecule has 3 heterocycles. The van der Waals surface area contributed by atoms with Crippen molar-refractivity contribution < 1.29 is 0 Å². The van der Waals surface area contributed by atoms with Crippen LogP contribution in [0.5, 0.6) is 0 Å². The molecule has 1 N–H and O–H groups in total. The van der Waals surface area contributed by atoms with E-state index in [0.29, 0.717) is 0 Å². The first-order valence-electron chi connectivity index (χ1n) is 7.19. The van der Waals surface area contributed by atoms with Crippen molar-refractivity contribution in [1.82, 2.24) is 29.6 Å². The zero-order valence-corrected chi connectivity index (χ0v) is 12.5. The van der Waals surface area contributed by atoms with E-state index in [2.05, 4.69) is 31.0 Å². The van der Waals surface area contributed by atoms with Crippen LogP contribution in [0.3, 0.4) is 0 Å². The largest absolute Gasteiger partial charge is 0.337 e. The fourth-order valence-electron chi connectivity index (χ4n) is 2.49. The lowest BCUT2D eigenvalue weighted by atomic mass is 10.2. The number of hydrogen-bond acceptors (Lipinski definition) is 4. The van der Waals surface area contributed by atoms with Gasteiger partial charge in [-0.15, -0.1) is 0 Å². The van der Waals surface area contributed by atoms with E-state index in [1.54, 1.807) is 0 Å². The number of nitrogens with one attached hydrogen (secondary N) is 1. The Balaban J connectivity index is 1.52. The summed E-state index contributed by atoms with van der Waals surface area (Å²) in [5.41, 5.74) is 3.17. The van der Waals surface area contributed by atoms with Crippen LogP contribution in [-0.2, 0) is 20.1 Å². The number of aryl methyl sites for hydroxylation is 3. The highest BCUT2D eigenvalue weighted by Crippen LogP contribution is 2.16. The second-order valence-electron chi connectivity index (χ2n) is 5.25. The minimum absolute atomic E-state index is 0.835. The van der Waals surface area contributed by atoms with Crippen molar-refractivity contribution in [1.29, 1.82) is 0 Å². The van der Waals surface area contributed by atoms with E-state index in [9.17, 15) is 0 Å². The third-order valence-electron chi connectivity index (χ3n) is 3.58. The van der Waals surface area contributed by atoms with Crippen molar-refractivity contribution in [3.8, 4) is 0 Å². The highest BCUT2D eigenvalue weighted by atomic mass is 15.3. The number of aromatic nitrogens is 5. The SMILES string of the molecule is Cc1nn(C)c2ncc(CNCCCn3ccnc3)cc12. The van der Waals surface area contributed by atoms with Gasteiger partial charge in [-0.1, -0.05) is 0 Å². The zero-order valence-electron chi connectivity index (χ0n) is 12.5. The van der Waals surface area contributed by atoms with Crippen LogP contribution in [0.4, 0.5) is 0 Å². The third-order valence-corrected chi connectivity index (χ3v) is 3.58. The van der Waals surface area contributed by atoms with Crippen molar-refractivity contribution in [3.05, 3.63) is 42.2 Å². The molecule has 3 rings (SSSR count). The van der Waals surface area contributed by atoms with E-state index in [4.69, 9.17) is 0 Å². The van der Waals surface area contributed by atoms with Gasteiger partial charge in [0.25, 0.3) is 0 Å². The number of nitrogens with zero attached hydrogens (tertiary/aromatic N) is 5. The molecule has 3 aromatic heterocycles. The summed E-state index contributed by atoms with van der Waals surface area (Å²) in [6.45, 7) is 4.82. The summed E-state index contributed by atoms with van der Waals surface area (Å²) in [5, 5.41) is 8.98. The van der Waals surface area contributed by atoms with Crippen molar-refractivity contribution in [3.63, 3.8) is 0 Å². The smallest absolute Gasteiger partial charge is 0.157 e. The van der Waals surface area contributed by atoms with Crippen LogP contribution in [0, 0.1) is 6.92 Å². The van der Waals surface area contributed by atoms with Gasteiger partial charge in [0.1, 0.15) is 0 Å². The monoisotopic (exact) mass is 284 g/mol. The summed E-state index contributed by atoms with van der Waals surface area (Å²) < 4.78 is 3.92. The molecule has 0 unspecified atom stereocenters. The molecule has 0 atom stereocenters. The Bertz CT molecular complexity index is 713. The molecule has 0 aromatic carbocycles. The molecule has 0 aliphatic heterocycles. The first-order chi connectivity index (χ1) is 10.2. The molecule has 6 nitrogen and oxygen atoms in total. The minimum Gasteiger partial charge on any atom is -0.337 e. The van der Waals surface area contributed by atoms with Crippen LogP contribution in [-0.4, -0.2) is 30.9 Å². The van der Waals surface area contributed by atoms with Crippen molar-refractivity contribution >= 4 is 11.0 Å². The molecule has 0 saturated carbocycles. The second-order valence-corrected chi connectivity index (χ2v) is 5.25. The topological polar surface area (TPSA) is 60.6 Å². The predicted molar refractivity (Wildman–Crippen MR) is 81.8 cm³/mol. The molecule has 0 fully saturated rings. The fraction of sp³-hybridized carbons (Fsp3) is 0.400. The maximum atomic E-state index is 4.49. The van der Waals surface area contributed by atoms with Crippen molar-refractivity contribution in [2.45, 2.75) is 26.4 Å². The van der Waals surface area contributed by atoms with Gasteiger partial charge in [0.05, 0.1) is 12.0 Å². The summed E-state index contributed by atoms with van der Waals surface area (Å²) >= 11 is 0. The highest BCUT2D eigenvalue weighted by Gasteiger charge is 2.06. The van der Waals surface area contributed by atoms with Gasteiger partial charge >= 0.3 is 0 Å². The lowest BCUT2D eigenvalue weighted by Crippen LogP contribution is -2.16. The van der Waals surface area contributed by atoms with Gasteiger partial charge in [0, 0.05) is 44.1 Å². The Hall–Kier alpha value is -2.21. The van der Waals surface area contributed by atoms with Crippen molar-refractivity contribution in [2.75, 3.05) is 6.54 Å². The van der Waals surface area contributed by atoms with Gasteiger partial charge < -0.3 is 9.88 Å². The van der Waals surface area contributed by atoms with E-state index >= 15 is 0 Å². The standard InChI is InChI=1S/C15H20N6/c1-12-14-8-13(10-18-15(14)20(2)19-12)9-16-4-3-6-21-7-5-17-11-21/h5,7-8,10-11,16H,3-4,6,9H2,1-2H3. The molecule has 0 amide bonds. The van der Waals surface area contributed by atoms with E-state index in [-0.39, 0.29) is 0 Å². The molecule has 0 aliphatic carbocycles. The van der Waals surface area contributed by atoms with Gasteiger partial charge in [0.15, 0.2) is 5.65 Å². The first-order valence-corrected chi connectivity index (χ1v) is 7.19. The molecule has 0 aliphatic rings. The second kappa shape index (κ2) is 6.05. The van der Waals surface area contributed by atoms with Gasteiger partial charge in [-0.2, -0.15) is 5.10 Å². The maximum Gasteiger partial charge on any atom is 0.157 e. The van der Waals surface area contributed by atoms with Crippen LogP contribution in [0.1, 0.15) is 17.7 Å². The van der Waals surface area contributed by atoms with E-state index in [0.717, 1.165) is 42.8 Å². The summed E-state index contributed by atoms with van der Waals surface area (Å²) in [6.07, 6.45) is 8.65. The molecule has 0 saturated heterocycles. The lowest BCUT2D eigenvalue weighted by Gasteiger charge is -2.06. The Morgan fingerprint density at radius 1 is 1.33 bits per heavy atom. The Morgan fingerprint density at radius 2 is 2.24 bits per heavy atom. The maximum absolute atomic E-state index is 4.49. The lowest BCUT2D eigenvalue weighted by molar-refractivity contribution is 0.580. The van der Waals surface area contributed by atoms with Crippen LogP contribution < -0.4 is 5.32 Å². The summed E-state index contributed by atoms with van der Waals surface area (Å²) in [7, 11) is 1.93. The normalized spacial score (nSPS) is 11.3. The molecule has 0 bridgehead atoms. The molecule has 3 aromatic rings. The molecular formula is C15H20N6. The summed E-state index contributed by atoms with van der Waals surface area (Å²) in [4.78, 5) is 8.52. The van der Waals surface area contributed by atoms with Gasteiger partial charge in [-0.05, 0) is 31.5 Å². The number of imidazole rings is 1. The number of fused-ring (bicyclic) bond motifs is 1. The summed E-state index contributed by atoms with van der Waals surface area (Å²) in [5.74, 6) is 0. The van der Waals surface area contributed by atoms with Crippen molar-refractivity contribution in [2.24, 2.45) is 7.05 Å². The molecular weight excluding hydrogens is 264 g/mol. The predicted octanol–water partition coefficient (Wildman–Crippen LogP) is 1.65. The number of rotatable bonds is 6. The molecule has 0 radical (unpaired) electrons. The Morgan fingerprint density at radius 3 is 3.05 bits per heavy atom. The van der Waals surface area contributed by atoms with E-state index in [1.807, 2.05) is 43.6 Å². The average Bonchev–Trinajstić information content (AvgIpc) is 3.08. The fourth-order valence-corrected chi connectivity index (χ4v) is 2.49. The molecule has 21 heavy (non-hydrogen) atoms. The Kier molecular flexibility index (Phi) is 3.96. The van der Waals surface area contributed by atoms with Gasteiger partial charge in [-0.25, -0.2) is 9.97 Å². The Labute approximate surface area is 123 Å². The average molecular weight is 284 g/mol. The van der Waals surface area contributed by atoms with E-state index in [1.165, 1.54) is 5.56 Å². The van der Waals surface area contributed by atoms with E-state index < -0.39 is 0 Å². The molecule has 0 spiro atoms. The van der Waals surface area contributed by atoms with Gasteiger partial charge in [0.2, 0.25) is 0 Å². The molecule has 6 heteroatoms. The van der Waals surface area contributed by atoms with Crippen LogP contribution in [0.15, 0.2) is 31.0 Å². The third kappa shape index (κ3) is 3.11. The molecule has 110 valence electrons. The van der Waals surface area contributed by atoms with Crippen LogP contribution in [0.2, 0.25) is 0 Å². The van der Waals surface area contributed by atoms with Crippen LogP contribution >= 0.6 is 0 Å². The van der Waals surface area contributed by atoms with Gasteiger partial charge in [-0.3, -0.25) is 4.68 Å². The first kappa shape index (κ1) is 13.8. The number of pyridine rings is 1.